The number of nitrogens with one attached hydrogen (secondary N) is 2. The molecule has 8 bridgehead atoms. The summed E-state index contributed by atoms with van der Waals surface area (Å²) in [4.78, 5) is 54.4. The normalized spacial score (nSPS) is 18.3. The van der Waals surface area contributed by atoms with Crippen LogP contribution < -0.4 is 0 Å². The van der Waals surface area contributed by atoms with Gasteiger partial charge >= 0.3 is 17.9 Å². The first-order valence-corrected chi connectivity index (χ1v) is 16.7. The molecule has 0 saturated heterocycles. The Morgan fingerprint density at radius 2 is 1.56 bits per heavy atom. The Morgan fingerprint density at radius 3 is 2.24 bits per heavy atom. The van der Waals surface area contributed by atoms with Crippen LogP contribution in [-0.2, 0) is 35.7 Å². The third kappa shape index (κ3) is 5.68. The summed E-state index contributed by atoms with van der Waals surface area (Å²) in [6.07, 6.45) is 6.46. The van der Waals surface area contributed by atoms with Crippen molar-refractivity contribution in [3.05, 3.63) is 93.6 Å². The minimum Gasteiger partial charge on any atom is -0.481 e. The molecule has 0 aromatic carbocycles. The molecule has 0 fully saturated rings. The zero-order valence-corrected chi connectivity index (χ0v) is 29.5. The first kappa shape index (κ1) is 34.4. The number of carboxylic acids is 1. The van der Waals surface area contributed by atoms with Crippen LogP contribution in [0.4, 0.5) is 0 Å². The van der Waals surface area contributed by atoms with Crippen LogP contribution in [0.25, 0.3) is 44.9 Å². The number of carbonyl (C=O) groups is 3. The number of methoxy groups -OCH3 is 2. The lowest BCUT2D eigenvalue weighted by Gasteiger charge is -2.36. The summed E-state index contributed by atoms with van der Waals surface area (Å²) in [6.45, 7) is 14.2. The molecule has 1 unspecified atom stereocenters. The topological polar surface area (TPSA) is 147 Å². The van der Waals surface area contributed by atoms with Crippen molar-refractivity contribution in [1.29, 1.82) is 0 Å². The van der Waals surface area contributed by atoms with Gasteiger partial charge in [0.2, 0.25) is 0 Å². The van der Waals surface area contributed by atoms with Gasteiger partial charge in [-0.15, -0.1) is 0 Å². The second-order valence-electron chi connectivity index (χ2n) is 13.3. The number of ether oxygens (including phenoxy) is 2. The van der Waals surface area contributed by atoms with E-state index in [-0.39, 0.29) is 30.7 Å². The fourth-order valence-corrected chi connectivity index (χ4v) is 7.46. The Bertz CT molecular complexity index is 2250. The van der Waals surface area contributed by atoms with Crippen molar-refractivity contribution in [3.8, 4) is 0 Å². The predicted molar refractivity (Wildman–Crippen MR) is 195 cm³/mol. The largest absolute Gasteiger partial charge is 0.481 e. The number of esters is 2. The summed E-state index contributed by atoms with van der Waals surface area (Å²) in [5.41, 5.74) is 12.5. The third-order valence-electron chi connectivity index (χ3n) is 10.7. The quantitative estimate of drug-likeness (QED) is 0.207. The van der Waals surface area contributed by atoms with E-state index in [0.717, 1.165) is 78.1 Å². The summed E-state index contributed by atoms with van der Waals surface area (Å²) in [5, 5.41) is 9.64. The molecule has 0 saturated carbocycles. The number of aromatic amines is 2. The molecule has 1 aliphatic carbocycles. The zero-order chi connectivity index (χ0) is 36.1. The van der Waals surface area contributed by atoms with Gasteiger partial charge in [0.15, 0.2) is 0 Å². The molecule has 3 aliphatic rings. The minimum absolute atomic E-state index is 0.0535. The van der Waals surface area contributed by atoms with E-state index >= 15 is 0 Å². The van der Waals surface area contributed by atoms with Crippen LogP contribution in [0.3, 0.4) is 0 Å². The summed E-state index contributed by atoms with van der Waals surface area (Å²) in [7, 11) is 2.76. The number of rotatable bonds is 8. The van der Waals surface area contributed by atoms with Crippen molar-refractivity contribution in [2.75, 3.05) is 14.2 Å². The molecule has 10 heteroatoms. The van der Waals surface area contributed by atoms with Gasteiger partial charge in [-0.05, 0) is 98.2 Å². The van der Waals surface area contributed by atoms with Crippen molar-refractivity contribution in [2.45, 2.75) is 65.7 Å². The third-order valence-corrected chi connectivity index (χ3v) is 10.7. The molecule has 3 aromatic rings. The van der Waals surface area contributed by atoms with Crippen molar-refractivity contribution >= 4 is 62.8 Å². The summed E-state index contributed by atoms with van der Waals surface area (Å²) < 4.78 is 10.1. The number of carbonyl (C=O) groups excluding carboxylic acids is 2. The molecule has 2 aliphatic heterocycles. The van der Waals surface area contributed by atoms with Gasteiger partial charge in [-0.2, -0.15) is 0 Å². The smallest absolute Gasteiger partial charge is 0.334 e. The molecule has 0 radical (unpaired) electrons. The van der Waals surface area contributed by atoms with E-state index in [0.29, 0.717) is 24.1 Å². The van der Waals surface area contributed by atoms with Crippen LogP contribution >= 0.6 is 0 Å². The fourth-order valence-electron chi connectivity index (χ4n) is 7.46. The summed E-state index contributed by atoms with van der Waals surface area (Å²) in [6, 6.07) is 7.99. The highest BCUT2D eigenvalue weighted by Crippen LogP contribution is 2.51. The van der Waals surface area contributed by atoms with Gasteiger partial charge in [0.25, 0.3) is 0 Å². The average molecular weight is 675 g/mol. The van der Waals surface area contributed by atoms with E-state index < -0.39 is 11.4 Å². The van der Waals surface area contributed by atoms with Crippen molar-refractivity contribution in [3.63, 3.8) is 0 Å². The molecule has 50 heavy (non-hydrogen) atoms. The summed E-state index contributed by atoms with van der Waals surface area (Å²) >= 11 is 0. The number of hydrogen-bond acceptors (Lipinski definition) is 7. The van der Waals surface area contributed by atoms with Crippen molar-refractivity contribution < 1.29 is 29.0 Å². The van der Waals surface area contributed by atoms with E-state index in [4.69, 9.17) is 19.4 Å². The van der Waals surface area contributed by atoms with Gasteiger partial charge in [-0.3, -0.25) is 14.6 Å². The van der Waals surface area contributed by atoms with Gasteiger partial charge < -0.3 is 24.5 Å². The number of fused-ring (bicyclic) bond motifs is 11. The van der Waals surface area contributed by atoms with Gasteiger partial charge in [0.05, 0.1) is 37.0 Å². The average Bonchev–Trinajstić information content (AvgIpc) is 3.74. The molecule has 3 N–H and O–H groups in total. The van der Waals surface area contributed by atoms with Crippen molar-refractivity contribution in [1.82, 2.24) is 19.9 Å². The lowest BCUT2D eigenvalue weighted by Crippen LogP contribution is -2.34. The van der Waals surface area contributed by atoms with Gasteiger partial charge in [-0.1, -0.05) is 31.7 Å². The first-order chi connectivity index (χ1) is 23.8. The van der Waals surface area contributed by atoms with E-state index in [2.05, 4.69) is 23.5 Å². The van der Waals surface area contributed by atoms with E-state index in [1.807, 2.05) is 70.2 Å². The SMILES string of the molecule is C=Cc1c(C)c2cc3nc(cc4[nH]c(cc5nc(cc1[nH]2)C(C)=C5CCC(=O)OC)c(CCC(=O)O)c4C)[C@@]1(C)C3=CC=C(C(=O)OC)C1C. The second kappa shape index (κ2) is 13.1. The highest BCUT2D eigenvalue weighted by atomic mass is 16.5. The van der Waals surface area contributed by atoms with Crippen LogP contribution in [0.5, 0.6) is 0 Å². The number of aromatic nitrogens is 4. The van der Waals surface area contributed by atoms with Crippen LogP contribution in [0, 0.1) is 19.8 Å². The number of H-pyrrole nitrogens is 2. The summed E-state index contributed by atoms with van der Waals surface area (Å²) in [5.74, 6) is -1.87. The Kier molecular flexibility index (Phi) is 8.98. The Balaban J connectivity index is 1.74. The highest BCUT2D eigenvalue weighted by Gasteiger charge is 2.47. The molecule has 0 spiro atoms. The van der Waals surface area contributed by atoms with Gasteiger partial charge in [0, 0.05) is 57.4 Å². The van der Waals surface area contributed by atoms with E-state index in [1.165, 1.54) is 14.2 Å². The number of hydrogen-bond donors (Lipinski definition) is 3. The number of aliphatic carboxylic acids is 1. The Morgan fingerprint density at radius 1 is 0.880 bits per heavy atom. The Labute approximate surface area is 290 Å². The molecule has 258 valence electrons. The van der Waals surface area contributed by atoms with Crippen molar-refractivity contribution in [2.24, 2.45) is 5.92 Å². The maximum Gasteiger partial charge on any atom is 0.334 e. The van der Waals surface area contributed by atoms with E-state index in [1.54, 1.807) is 0 Å². The predicted octanol–water partition coefficient (Wildman–Crippen LogP) is 7.57. The minimum atomic E-state index is -0.896. The lowest BCUT2D eigenvalue weighted by atomic mass is 9.65. The van der Waals surface area contributed by atoms with E-state index in [9.17, 15) is 19.5 Å². The fraction of sp³-hybridized carbons (Fsp3) is 0.325. The molecule has 2 atom stereocenters. The maximum absolute atomic E-state index is 12.9. The molecular weight excluding hydrogens is 632 g/mol. The van der Waals surface area contributed by atoms with Crippen LogP contribution in [0.15, 0.2) is 48.6 Å². The molecule has 10 nitrogen and oxygen atoms in total. The molecule has 5 heterocycles. The second-order valence-corrected chi connectivity index (χ2v) is 13.3. The molecule has 6 rings (SSSR count). The standard InChI is InChI=1S/C40H42N4O6/c1-9-24-20(2)30-17-35-28-13-10-27(39(48)50-8)23(5)40(28,6)36(44-35)19-31-22(4)25(11-14-37(45)46)33(43-31)18-34-26(12-15-38(47)49-7)21(3)29(42-34)16-32(24)41-30/h9-10,13,16-19,23,41,43H,1,11-12,14-15H2,2-8H3,(H,45,46)/t23?,40-/m1/s1. The Hall–Kier alpha value is -5.51. The van der Waals surface area contributed by atoms with Crippen LogP contribution in [0.2, 0.25) is 0 Å². The van der Waals surface area contributed by atoms with Gasteiger partial charge in [-0.25, -0.2) is 9.78 Å². The number of carboxylic acid groups (broad SMARTS) is 1. The number of allylic oxidation sites excluding steroid dienone is 5. The monoisotopic (exact) mass is 674 g/mol. The number of nitrogens with zero attached hydrogens (tertiary/aromatic N) is 2. The zero-order valence-electron chi connectivity index (χ0n) is 29.5. The maximum atomic E-state index is 12.9. The van der Waals surface area contributed by atoms with Crippen LogP contribution in [0.1, 0.15) is 85.1 Å². The first-order valence-electron chi connectivity index (χ1n) is 16.7. The molecular formula is C40H42N4O6. The highest BCUT2D eigenvalue weighted by molar-refractivity contribution is 5.96. The molecule has 0 amide bonds. The van der Waals surface area contributed by atoms with Gasteiger partial charge in [0.1, 0.15) is 0 Å². The lowest BCUT2D eigenvalue weighted by molar-refractivity contribution is -0.140. The number of aryl methyl sites for hydroxylation is 3. The molecule has 3 aromatic heterocycles. The van der Waals surface area contributed by atoms with Crippen LogP contribution in [-0.4, -0.2) is 57.2 Å².